The van der Waals surface area contributed by atoms with Crippen LogP contribution in [0.3, 0.4) is 0 Å². The van der Waals surface area contributed by atoms with E-state index in [1.807, 2.05) is 0 Å². The van der Waals surface area contributed by atoms with E-state index in [9.17, 15) is 10.2 Å². The van der Waals surface area contributed by atoms with Crippen molar-refractivity contribution in [2.24, 2.45) is 5.92 Å². The van der Waals surface area contributed by atoms with Crippen molar-refractivity contribution in [3.05, 3.63) is 33.8 Å². The number of benzene rings is 1. The standard InChI is InChI=1S/C14H19Cl2NO2/c1-9-4-5-17(7-13(9)18)8-14(19)11-3-2-10(15)6-12(11)16/h2-3,6,9,13-14,18-19H,4-5,7-8H2,1H3. The van der Waals surface area contributed by atoms with Gasteiger partial charge in [-0.05, 0) is 31.0 Å². The van der Waals surface area contributed by atoms with E-state index in [4.69, 9.17) is 23.2 Å². The molecule has 19 heavy (non-hydrogen) atoms. The lowest BCUT2D eigenvalue weighted by atomic mass is 9.95. The zero-order chi connectivity index (χ0) is 14.0. The van der Waals surface area contributed by atoms with Crippen LogP contribution in [0.15, 0.2) is 18.2 Å². The van der Waals surface area contributed by atoms with Crippen LogP contribution >= 0.6 is 23.2 Å². The average molecular weight is 304 g/mol. The second-order valence-corrected chi connectivity index (χ2v) is 6.12. The molecule has 0 spiro atoms. The van der Waals surface area contributed by atoms with E-state index in [-0.39, 0.29) is 6.10 Å². The molecular weight excluding hydrogens is 285 g/mol. The molecule has 3 atom stereocenters. The summed E-state index contributed by atoms with van der Waals surface area (Å²) in [6.45, 7) is 4.02. The van der Waals surface area contributed by atoms with Gasteiger partial charge in [0.05, 0.1) is 12.2 Å². The van der Waals surface area contributed by atoms with E-state index >= 15 is 0 Å². The van der Waals surface area contributed by atoms with Gasteiger partial charge < -0.3 is 10.2 Å². The Morgan fingerprint density at radius 1 is 1.42 bits per heavy atom. The minimum Gasteiger partial charge on any atom is -0.392 e. The molecule has 1 aliphatic rings. The summed E-state index contributed by atoms with van der Waals surface area (Å²) in [5.41, 5.74) is 0.680. The summed E-state index contributed by atoms with van der Waals surface area (Å²) in [6.07, 6.45) is -0.0330. The molecule has 0 aromatic heterocycles. The lowest BCUT2D eigenvalue weighted by Crippen LogP contribution is -2.44. The van der Waals surface area contributed by atoms with E-state index in [2.05, 4.69) is 11.8 Å². The smallest absolute Gasteiger partial charge is 0.0931 e. The van der Waals surface area contributed by atoms with Gasteiger partial charge in [0, 0.05) is 28.7 Å². The van der Waals surface area contributed by atoms with Gasteiger partial charge in [0.1, 0.15) is 0 Å². The first-order valence-corrected chi connectivity index (χ1v) is 7.26. The highest BCUT2D eigenvalue weighted by Crippen LogP contribution is 2.28. The van der Waals surface area contributed by atoms with Gasteiger partial charge in [-0.15, -0.1) is 0 Å². The zero-order valence-electron chi connectivity index (χ0n) is 10.9. The van der Waals surface area contributed by atoms with Crippen LogP contribution < -0.4 is 0 Å². The van der Waals surface area contributed by atoms with Crippen molar-refractivity contribution in [2.75, 3.05) is 19.6 Å². The predicted molar refractivity (Wildman–Crippen MR) is 77.6 cm³/mol. The molecule has 0 aliphatic carbocycles. The van der Waals surface area contributed by atoms with Gasteiger partial charge in [0.25, 0.3) is 0 Å². The lowest BCUT2D eigenvalue weighted by Gasteiger charge is -2.35. The first kappa shape index (κ1) is 15.1. The summed E-state index contributed by atoms with van der Waals surface area (Å²) >= 11 is 11.9. The van der Waals surface area contributed by atoms with Gasteiger partial charge in [0.2, 0.25) is 0 Å². The molecule has 2 rings (SSSR count). The number of likely N-dealkylation sites (tertiary alicyclic amines) is 1. The van der Waals surface area contributed by atoms with Crippen LogP contribution in [0, 0.1) is 5.92 Å². The van der Waals surface area contributed by atoms with Crippen LogP contribution in [0.25, 0.3) is 0 Å². The maximum absolute atomic E-state index is 10.2. The molecule has 1 fully saturated rings. The Morgan fingerprint density at radius 2 is 2.16 bits per heavy atom. The molecule has 0 amide bonds. The van der Waals surface area contributed by atoms with Crippen LogP contribution in [0.2, 0.25) is 10.0 Å². The maximum Gasteiger partial charge on any atom is 0.0931 e. The quantitative estimate of drug-likeness (QED) is 0.902. The first-order chi connectivity index (χ1) is 8.97. The molecule has 3 unspecified atom stereocenters. The molecule has 0 radical (unpaired) electrons. The third-order valence-corrected chi connectivity index (χ3v) is 4.32. The molecular formula is C14H19Cl2NO2. The summed E-state index contributed by atoms with van der Waals surface area (Å²) in [5, 5.41) is 21.1. The number of β-amino-alcohol motifs (C(OH)–C–C–N with tert-alkyl or cyclic N) is 2. The van der Waals surface area contributed by atoms with Gasteiger partial charge in [-0.2, -0.15) is 0 Å². The molecule has 106 valence electrons. The molecule has 1 aliphatic heterocycles. The predicted octanol–water partition coefficient (Wildman–Crippen LogP) is 2.73. The average Bonchev–Trinajstić information content (AvgIpc) is 2.33. The highest BCUT2D eigenvalue weighted by Gasteiger charge is 2.26. The van der Waals surface area contributed by atoms with Crippen molar-refractivity contribution in [2.45, 2.75) is 25.6 Å². The molecule has 0 saturated carbocycles. The highest BCUT2D eigenvalue weighted by atomic mass is 35.5. The van der Waals surface area contributed by atoms with Crippen LogP contribution in [0.1, 0.15) is 25.0 Å². The molecule has 3 nitrogen and oxygen atoms in total. The summed E-state index contributed by atoms with van der Waals surface area (Å²) in [7, 11) is 0. The molecule has 1 saturated heterocycles. The maximum atomic E-state index is 10.2. The van der Waals surface area contributed by atoms with Crippen LogP contribution in [-0.4, -0.2) is 40.9 Å². The highest BCUT2D eigenvalue weighted by molar-refractivity contribution is 6.35. The van der Waals surface area contributed by atoms with E-state index < -0.39 is 6.10 Å². The van der Waals surface area contributed by atoms with Crippen molar-refractivity contribution < 1.29 is 10.2 Å². The molecule has 2 N–H and O–H groups in total. The molecule has 5 heteroatoms. The van der Waals surface area contributed by atoms with E-state index in [1.165, 1.54) is 0 Å². The Morgan fingerprint density at radius 3 is 2.79 bits per heavy atom. The van der Waals surface area contributed by atoms with Crippen LogP contribution in [0.5, 0.6) is 0 Å². The minimum absolute atomic E-state index is 0.318. The lowest BCUT2D eigenvalue weighted by molar-refractivity contribution is 0.00861. The fraction of sp³-hybridized carbons (Fsp3) is 0.571. The SMILES string of the molecule is CC1CCN(CC(O)c2ccc(Cl)cc2Cl)CC1O. The Bertz CT molecular complexity index is 441. The number of halogens is 2. The fourth-order valence-corrected chi connectivity index (χ4v) is 2.93. The van der Waals surface area contributed by atoms with Crippen LogP contribution in [0.4, 0.5) is 0 Å². The summed E-state index contributed by atoms with van der Waals surface area (Å²) in [4.78, 5) is 2.07. The Balaban J connectivity index is 1.99. The van der Waals surface area contributed by atoms with E-state index in [0.717, 1.165) is 13.0 Å². The molecule has 1 aromatic rings. The number of hydrogen-bond donors (Lipinski definition) is 2. The normalized spacial score (nSPS) is 26.4. The number of rotatable bonds is 3. The number of aliphatic hydroxyl groups excluding tert-OH is 2. The second kappa shape index (κ2) is 6.42. The fourth-order valence-electron chi connectivity index (χ4n) is 2.39. The van der Waals surface area contributed by atoms with Crippen molar-refractivity contribution in [3.63, 3.8) is 0 Å². The van der Waals surface area contributed by atoms with Gasteiger partial charge in [-0.1, -0.05) is 36.2 Å². The third-order valence-electron chi connectivity index (χ3n) is 3.76. The number of piperidine rings is 1. The van der Waals surface area contributed by atoms with Crippen molar-refractivity contribution in [3.8, 4) is 0 Å². The topological polar surface area (TPSA) is 43.7 Å². The summed E-state index contributed by atoms with van der Waals surface area (Å²) in [5.74, 6) is 0.326. The molecule has 1 aromatic carbocycles. The Hall–Kier alpha value is -0.320. The molecule has 0 bridgehead atoms. The van der Waals surface area contributed by atoms with E-state index in [1.54, 1.807) is 18.2 Å². The number of aliphatic hydroxyl groups is 2. The Kier molecular flexibility index (Phi) is 5.09. The van der Waals surface area contributed by atoms with Gasteiger partial charge in [-0.25, -0.2) is 0 Å². The van der Waals surface area contributed by atoms with Gasteiger partial charge >= 0.3 is 0 Å². The summed E-state index contributed by atoms with van der Waals surface area (Å²) < 4.78 is 0. The van der Waals surface area contributed by atoms with Crippen LogP contribution in [-0.2, 0) is 0 Å². The summed E-state index contributed by atoms with van der Waals surface area (Å²) in [6, 6.07) is 5.10. The minimum atomic E-state index is -0.662. The van der Waals surface area contributed by atoms with Crippen molar-refractivity contribution >= 4 is 23.2 Å². The van der Waals surface area contributed by atoms with Gasteiger partial charge in [-0.3, -0.25) is 4.90 Å². The van der Waals surface area contributed by atoms with Gasteiger partial charge in [0.15, 0.2) is 0 Å². The van der Waals surface area contributed by atoms with Crippen molar-refractivity contribution in [1.29, 1.82) is 0 Å². The molecule has 1 heterocycles. The van der Waals surface area contributed by atoms with Crippen molar-refractivity contribution in [1.82, 2.24) is 4.90 Å². The zero-order valence-corrected chi connectivity index (χ0v) is 12.4. The Labute approximate surface area is 123 Å². The second-order valence-electron chi connectivity index (χ2n) is 5.27. The first-order valence-electron chi connectivity index (χ1n) is 6.51. The largest absolute Gasteiger partial charge is 0.392 e. The monoisotopic (exact) mass is 303 g/mol. The number of nitrogens with zero attached hydrogens (tertiary/aromatic N) is 1. The number of hydrogen-bond acceptors (Lipinski definition) is 3. The van der Waals surface area contributed by atoms with E-state index in [0.29, 0.717) is 34.6 Å². The third kappa shape index (κ3) is 3.83.